The van der Waals surface area contributed by atoms with Crippen molar-refractivity contribution >= 4 is 5.97 Å². The maximum Gasteiger partial charge on any atom is 0.344 e. The molecule has 1 aromatic carbocycles. The molecule has 0 atom stereocenters. The van der Waals surface area contributed by atoms with Crippen molar-refractivity contribution < 1.29 is 32.5 Å². The molecule has 2 aromatic rings. The van der Waals surface area contributed by atoms with Gasteiger partial charge in [-0.2, -0.15) is 0 Å². The van der Waals surface area contributed by atoms with E-state index in [1.54, 1.807) is 7.05 Å². The van der Waals surface area contributed by atoms with Crippen molar-refractivity contribution in [3.8, 4) is 17.1 Å². The van der Waals surface area contributed by atoms with Gasteiger partial charge in [-0.3, -0.25) is 4.68 Å². The van der Waals surface area contributed by atoms with E-state index in [-0.39, 0.29) is 24.7 Å². The zero-order valence-electron chi connectivity index (χ0n) is 13.4. The van der Waals surface area contributed by atoms with E-state index in [1.807, 2.05) is 0 Å². The Labute approximate surface area is 142 Å². The minimum atomic E-state index is -0.717. The third-order valence-corrected chi connectivity index (χ3v) is 3.47. The Morgan fingerprint density at radius 2 is 2.08 bits per heavy atom. The minimum Gasteiger partial charge on any atom is -0.465 e. The summed E-state index contributed by atoms with van der Waals surface area (Å²) in [4.78, 5) is 11.6. The number of hydrogen-bond acceptors (Lipinski definition) is 6. The first-order chi connectivity index (χ1) is 12.0. The SMILES string of the molecule is Cn1nc(OCC(=O)OCC2OCCO2)cc1-c1ccc(F)cc1F. The number of benzene rings is 1. The summed E-state index contributed by atoms with van der Waals surface area (Å²) in [5.41, 5.74) is 0.554. The number of aromatic nitrogens is 2. The summed E-state index contributed by atoms with van der Waals surface area (Å²) >= 11 is 0. The van der Waals surface area contributed by atoms with E-state index in [1.165, 1.54) is 16.8 Å². The summed E-state index contributed by atoms with van der Waals surface area (Å²) in [6, 6.07) is 4.69. The van der Waals surface area contributed by atoms with Gasteiger partial charge in [0.2, 0.25) is 5.88 Å². The van der Waals surface area contributed by atoms with Gasteiger partial charge >= 0.3 is 5.97 Å². The summed E-state index contributed by atoms with van der Waals surface area (Å²) in [5, 5.41) is 4.04. The van der Waals surface area contributed by atoms with Crippen molar-refractivity contribution in [3.63, 3.8) is 0 Å². The summed E-state index contributed by atoms with van der Waals surface area (Å²) in [5.74, 6) is -1.88. The fourth-order valence-corrected chi connectivity index (χ4v) is 2.30. The standard InChI is InChI=1S/C16H16F2N2O5/c1-20-13(11-3-2-10(17)6-12(11)18)7-14(19-20)24-8-15(21)25-9-16-22-4-5-23-16/h2-3,6-7,16H,4-5,8-9H2,1H3. The van der Waals surface area contributed by atoms with Crippen LogP contribution in [-0.4, -0.2) is 48.5 Å². The maximum absolute atomic E-state index is 13.9. The minimum absolute atomic E-state index is 0.0174. The van der Waals surface area contributed by atoms with E-state index >= 15 is 0 Å². The summed E-state index contributed by atoms with van der Waals surface area (Å²) in [6.07, 6.45) is -0.549. The number of aryl methyl sites for hydroxylation is 1. The Balaban J connectivity index is 1.57. The lowest BCUT2D eigenvalue weighted by Gasteiger charge is -2.09. The number of rotatable bonds is 6. The first-order valence-corrected chi connectivity index (χ1v) is 7.54. The largest absolute Gasteiger partial charge is 0.465 e. The number of nitrogens with zero attached hydrogens (tertiary/aromatic N) is 2. The lowest BCUT2D eigenvalue weighted by Crippen LogP contribution is -2.22. The number of hydrogen-bond donors (Lipinski definition) is 0. The van der Waals surface area contributed by atoms with Crippen LogP contribution < -0.4 is 4.74 Å². The van der Waals surface area contributed by atoms with Gasteiger partial charge in [0.1, 0.15) is 18.2 Å². The average molecular weight is 354 g/mol. The molecule has 0 spiro atoms. The summed E-state index contributed by atoms with van der Waals surface area (Å²) in [7, 11) is 1.58. The van der Waals surface area contributed by atoms with Crippen molar-refractivity contribution in [1.29, 1.82) is 0 Å². The number of halogens is 2. The Morgan fingerprint density at radius 1 is 1.32 bits per heavy atom. The number of carbonyl (C=O) groups excluding carboxylic acids is 1. The highest BCUT2D eigenvalue weighted by molar-refractivity contribution is 5.71. The van der Waals surface area contributed by atoms with Gasteiger partial charge in [-0.15, -0.1) is 5.10 Å². The zero-order valence-corrected chi connectivity index (χ0v) is 13.4. The molecule has 7 nitrogen and oxygen atoms in total. The Hall–Kier alpha value is -2.52. The predicted molar refractivity (Wildman–Crippen MR) is 80.7 cm³/mol. The number of carbonyl (C=O) groups is 1. The molecule has 0 aliphatic carbocycles. The van der Waals surface area contributed by atoms with E-state index < -0.39 is 23.9 Å². The van der Waals surface area contributed by atoms with E-state index in [0.29, 0.717) is 18.9 Å². The highest BCUT2D eigenvalue weighted by Gasteiger charge is 2.19. The second-order valence-corrected chi connectivity index (χ2v) is 5.26. The van der Waals surface area contributed by atoms with Gasteiger partial charge in [-0.05, 0) is 12.1 Å². The van der Waals surface area contributed by atoms with Gasteiger partial charge in [-0.25, -0.2) is 13.6 Å². The molecule has 0 radical (unpaired) electrons. The predicted octanol–water partition coefficient (Wildman–Crippen LogP) is 1.66. The first kappa shape index (κ1) is 17.3. The van der Waals surface area contributed by atoms with Crippen LogP contribution in [0.1, 0.15) is 0 Å². The van der Waals surface area contributed by atoms with E-state index in [9.17, 15) is 13.6 Å². The molecular formula is C16H16F2N2O5. The van der Waals surface area contributed by atoms with Gasteiger partial charge in [0.25, 0.3) is 0 Å². The van der Waals surface area contributed by atoms with Gasteiger partial charge in [0, 0.05) is 24.7 Å². The molecule has 1 aliphatic heterocycles. The van der Waals surface area contributed by atoms with Crippen LogP contribution in [0.4, 0.5) is 8.78 Å². The lowest BCUT2D eigenvalue weighted by molar-refractivity contribution is -0.158. The molecule has 0 unspecified atom stereocenters. The molecule has 0 N–H and O–H groups in total. The van der Waals surface area contributed by atoms with Gasteiger partial charge in [-0.1, -0.05) is 0 Å². The molecule has 1 aliphatic rings. The summed E-state index contributed by atoms with van der Waals surface area (Å²) < 4.78 is 48.7. The van der Waals surface area contributed by atoms with E-state index in [2.05, 4.69) is 5.10 Å². The molecule has 134 valence electrons. The molecular weight excluding hydrogens is 338 g/mol. The molecule has 0 bridgehead atoms. The molecule has 0 amide bonds. The fraction of sp³-hybridized carbons (Fsp3) is 0.375. The highest BCUT2D eigenvalue weighted by atomic mass is 19.1. The van der Waals surface area contributed by atoms with Crippen LogP contribution in [0.15, 0.2) is 24.3 Å². The molecule has 9 heteroatoms. The third kappa shape index (κ3) is 4.31. The monoisotopic (exact) mass is 354 g/mol. The van der Waals surface area contributed by atoms with Crippen LogP contribution in [0.5, 0.6) is 5.88 Å². The zero-order chi connectivity index (χ0) is 17.8. The maximum atomic E-state index is 13.9. The Bertz CT molecular complexity index is 759. The van der Waals surface area contributed by atoms with Crippen LogP contribution in [-0.2, 0) is 26.1 Å². The van der Waals surface area contributed by atoms with Crippen LogP contribution >= 0.6 is 0 Å². The van der Waals surface area contributed by atoms with Gasteiger partial charge in [0.15, 0.2) is 12.9 Å². The molecule has 2 heterocycles. The second-order valence-electron chi connectivity index (χ2n) is 5.26. The van der Waals surface area contributed by atoms with Crippen LogP contribution in [0.2, 0.25) is 0 Å². The Morgan fingerprint density at radius 3 is 2.80 bits per heavy atom. The molecule has 3 rings (SSSR count). The Kier molecular flexibility index (Phi) is 5.25. The van der Waals surface area contributed by atoms with Crippen molar-refractivity contribution in [2.45, 2.75) is 6.29 Å². The molecule has 25 heavy (non-hydrogen) atoms. The summed E-state index contributed by atoms with van der Waals surface area (Å²) in [6.45, 7) is 0.552. The first-order valence-electron chi connectivity index (χ1n) is 7.54. The van der Waals surface area contributed by atoms with Crippen molar-refractivity contribution in [1.82, 2.24) is 9.78 Å². The van der Waals surface area contributed by atoms with E-state index in [0.717, 1.165) is 12.1 Å². The quantitative estimate of drug-likeness (QED) is 0.735. The van der Waals surface area contributed by atoms with Crippen molar-refractivity contribution in [2.24, 2.45) is 7.05 Å². The number of esters is 1. The normalized spacial score (nSPS) is 14.7. The average Bonchev–Trinajstić information content (AvgIpc) is 3.21. The van der Waals surface area contributed by atoms with Gasteiger partial charge < -0.3 is 18.9 Å². The molecule has 1 aromatic heterocycles. The molecule has 0 saturated carbocycles. The van der Waals surface area contributed by atoms with Crippen molar-refractivity contribution in [3.05, 3.63) is 35.9 Å². The smallest absolute Gasteiger partial charge is 0.344 e. The topological polar surface area (TPSA) is 71.8 Å². The van der Waals surface area contributed by atoms with Crippen LogP contribution in [0, 0.1) is 11.6 Å². The van der Waals surface area contributed by atoms with Crippen LogP contribution in [0.25, 0.3) is 11.3 Å². The molecule has 1 fully saturated rings. The second kappa shape index (κ2) is 7.58. The van der Waals surface area contributed by atoms with Crippen LogP contribution in [0.3, 0.4) is 0 Å². The fourth-order valence-electron chi connectivity index (χ4n) is 2.30. The van der Waals surface area contributed by atoms with Crippen molar-refractivity contribution in [2.75, 3.05) is 26.4 Å². The van der Waals surface area contributed by atoms with E-state index in [4.69, 9.17) is 18.9 Å². The highest BCUT2D eigenvalue weighted by Crippen LogP contribution is 2.26. The number of ether oxygens (including phenoxy) is 4. The van der Waals surface area contributed by atoms with Gasteiger partial charge in [0.05, 0.1) is 18.9 Å². The third-order valence-electron chi connectivity index (χ3n) is 3.47. The lowest BCUT2D eigenvalue weighted by atomic mass is 10.1. The molecule has 1 saturated heterocycles.